The first-order chi connectivity index (χ1) is 2.41. The predicted octanol–water partition coefficient (Wildman–Crippen LogP) is 0.336. The van der Waals surface area contributed by atoms with Crippen LogP contribution < -0.4 is 0 Å². The molecule has 0 unspecified atom stereocenters. The van der Waals surface area contributed by atoms with Gasteiger partial charge in [0.1, 0.15) is 0 Å². The van der Waals surface area contributed by atoms with Gasteiger partial charge >= 0.3 is 0 Å². The minimum absolute atomic E-state index is 0.944. The molecule has 0 spiro atoms. The molecule has 5 heavy (non-hydrogen) atoms. The van der Waals surface area contributed by atoms with E-state index in [1.54, 1.807) is 0 Å². The molecule has 0 rings (SSSR count). The van der Waals surface area contributed by atoms with Crippen LogP contribution in [0.2, 0.25) is 6.55 Å². The Kier molecular flexibility index (Phi) is 43.2. The van der Waals surface area contributed by atoms with Gasteiger partial charge in [-0.05, 0) is 16.0 Å². The largest absolute Gasteiger partial charge is 0.180 e. The van der Waals surface area contributed by atoms with Crippen molar-refractivity contribution in [2.75, 3.05) is 5.75 Å². The van der Waals surface area contributed by atoms with Crippen LogP contribution >= 0.6 is 12.6 Å². The van der Waals surface area contributed by atoms with Gasteiger partial charge < -0.3 is 0 Å². The summed E-state index contributed by atoms with van der Waals surface area (Å²) in [5.41, 5.74) is 0. The molecule has 34 valence electrons. The van der Waals surface area contributed by atoms with Crippen LogP contribution in [0, 0.1) is 0 Å². The second-order valence-electron chi connectivity index (χ2n) is 0.316. The molecule has 0 nitrogen and oxygen atoms in total. The standard InChI is InChI=1S/C2H6S.CH6Si/c1-2-3;1-2/h3H,2H2,1H3;1-2H3. The van der Waals surface area contributed by atoms with E-state index in [-0.39, 0.29) is 0 Å². The first-order valence-corrected chi connectivity index (χ1v) is 4.66. The Morgan fingerprint density at radius 2 is 1.60 bits per heavy atom. The summed E-state index contributed by atoms with van der Waals surface area (Å²) in [4.78, 5) is 0. The van der Waals surface area contributed by atoms with Crippen molar-refractivity contribution in [2.24, 2.45) is 0 Å². The molecule has 0 heterocycles. The number of hydrogen-bond acceptors (Lipinski definition) is 1. The molecule has 0 aromatic heterocycles. The molecule has 0 fully saturated rings. The van der Waals surface area contributed by atoms with E-state index in [9.17, 15) is 0 Å². The van der Waals surface area contributed by atoms with Crippen molar-refractivity contribution in [2.45, 2.75) is 13.5 Å². The molecule has 0 aromatic rings. The van der Waals surface area contributed by atoms with Gasteiger partial charge in [-0.15, -0.1) is 0 Å². The van der Waals surface area contributed by atoms with Crippen LogP contribution in [0.5, 0.6) is 0 Å². The molecule has 0 atom stereocenters. The Labute approximate surface area is 42.8 Å². The van der Waals surface area contributed by atoms with Gasteiger partial charge in [-0.2, -0.15) is 12.6 Å². The summed E-state index contributed by atoms with van der Waals surface area (Å²) in [6.45, 7) is 4.13. The highest BCUT2D eigenvalue weighted by Crippen LogP contribution is 1.58. The summed E-state index contributed by atoms with van der Waals surface area (Å²) in [7, 11) is 1.31. The van der Waals surface area contributed by atoms with Crippen LogP contribution in [0.4, 0.5) is 0 Å². The molecule has 0 bridgehead atoms. The molecule has 0 aliphatic rings. The second kappa shape index (κ2) is 23.7. The van der Waals surface area contributed by atoms with E-state index in [1.165, 1.54) is 10.2 Å². The van der Waals surface area contributed by atoms with Crippen LogP contribution in [-0.2, 0) is 0 Å². The van der Waals surface area contributed by atoms with Gasteiger partial charge in [0.05, 0.1) is 0 Å². The minimum atomic E-state index is 0.944. The molecular formula is C3H12SSi. The van der Waals surface area contributed by atoms with Crippen molar-refractivity contribution in [3.8, 4) is 0 Å². The van der Waals surface area contributed by atoms with Crippen molar-refractivity contribution < 1.29 is 0 Å². The van der Waals surface area contributed by atoms with Gasteiger partial charge in [0.2, 0.25) is 0 Å². The Bertz CT molecular complexity index is 6.85. The zero-order valence-electron chi connectivity index (χ0n) is 4.15. The van der Waals surface area contributed by atoms with E-state index in [0.29, 0.717) is 0 Å². The van der Waals surface area contributed by atoms with E-state index < -0.39 is 0 Å². The fourth-order valence-corrected chi connectivity index (χ4v) is 0. The van der Waals surface area contributed by atoms with E-state index >= 15 is 0 Å². The second-order valence-corrected chi connectivity index (χ2v) is 0.949. The molecule has 0 aromatic carbocycles. The van der Waals surface area contributed by atoms with Crippen molar-refractivity contribution in [1.82, 2.24) is 0 Å². The fourth-order valence-electron chi connectivity index (χ4n) is 0. The highest BCUT2D eigenvalue weighted by molar-refractivity contribution is 7.80. The molecule has 0 aliphatic carbocycles. The van der Waals surface area contributed by atoms with Crippen molar-refractivity contribution in [3.63, 3.8) is 0 Å². The van der Waals surface area contributed by atoms with Gasteiger partial charge in [0, 0.05) is 0 Å². The number of thiol groups is 1. The summed E-state index contributed by atoms with van der Waals surface area (Å²) >= 11 is 3.79. The lowest BCUT2D eigenvalue weighted by Crippen LogP contribution is -1.36. The molecule has 0 aliphatic heterocycles. The Hall–Kier alpha value is 0.567. The SMILES string of the molecule is CCS.C[SiH3]. The molecule has 2 heteroatoms. The van der Waals surface area contributed by atoms with Gasteiger partial charge in [0.25, 0.3) is 0 Å². The van der Waals surface area contributed by atoms with Crippen LogP contribution in [-0.4, -0.2) is 16.0 Å². The average Bonchev–Trinajstić information content (AvgIpc) is 1.46. The molecule has 0 N–H and O–H groups in total. The maximum Gasteiger partial charge on any atom is -0.000585 e. The Morgan fingerprint density at radius 3 is 1.60 bits per heavy atom. The molecule has 0 saturated carbocycles. The first-order valence-electron chi connectivity index (χ1n) is 2.02. The van der Waals surface area contributed by atoms with E-state index in [4.69, 9.17) is 0 Å². The first kappa shape index (κ1) is 9.13. The topological polar surface area (TPSA) is 0 Å². The summed E-state index contributed by atoms with van der Waals surface area (Å²) in [6.07, 6.45) is 0. The quantitative estimate of drug-likeness (QED) is 0.336. The summed E-state index contributed by atoms with van der Waals surface area (Å²) in [6, 6.07) is 0. The number of rotatable bonds is 0. The van der Waals surface area contributed by atoms with Gasteiger partial charge in [-0.1, -0.05) is 13.5 Å². The van der Waals surface area contributed by atoms with Crippen molar-refractivity contribution in [1.29, 1.82) is 0 Å². The lowest BCUT2D eigenvalue weighted by Gasteiger charge is -1.48. The highest BCUT2D eigenvalue weighted by atomic mass is 32.1. The minimum Gasteiger partial charge on any atom is -0.180 e. The third kappa shape index (κ3) is 93.6. The lowest BCUT2D eigenvalue weighted by atomic mass is 11.0. The van der Waals surface area contributed by atoms with Crippen molar-refractivity contribution in [3.05, 3.63) is 0 Å². The number of hydrogen-bond donors (Lipinski definition) is 1. The van der Waals surface area contributed by atoms with Crippen molar-refractivity contribution >= 4 is 22.9 Å². The molecular weight excluding hydrogens is 96.2 g/mol. The maximum absolute atomic E-state index is 3.79. The summed E-state index contributed by atoms with van der Waals surface area (Å²) in [5, 5.41) is 0. The highest BCUT2D eigenvalue weighted by Gasteiger charge is 1.35. The van der Waals surface area contributed by atoms with Gasteiger partial charge in [-0.3, -0.25) is 0 Å². The average molecular weight is 108 g/mol. The predicted molar refractivity (Wildman–Crippen MR) is 35.3 cm³/mol. The zero-order chi connectivity index (χ0) is 4.71. The third-order valence-electron chi connectivity index (χ3n) is 0. The maximum atomic E-state index is 3.79. The monoisotopic (exact) mass is 108 g/mol. The fraction of sp³-hybridized carbons (Fsp3) is 1.00. The third-order valence-corrected chi connectivity index (χ3v) is 0. The Morgan fingerprint density at radius 1 is 1.60 bits per heavy atom. The van der Waals surface area contributed by atoms with E-state index in [1.807, 2.05) is 6.92 Å². The van der Waals surface area contributed by atoms with Gasteiger partial charge in [-0.25, -0.2) is 0 Å². The molecule has 0 radical (unpaired) electrons. The molecule has 0 amide bonds. The smallest absolute Gasteiger partial charge is 0.000585 e. The van der Waals surface area contributed by atoms with E-state index in [2.05, 4.69) is 19.2 Å². The summed E-state index contributed by atoms with van der Waals surface area (Å²) < 4.78 is 0. The normalized spacial score (nSPS) is 5.40. The van der Waals surface area contributed by atoms with Crippen LogP contribution in [0.3, 0.4) is 0 Å². The van der Waals surface area contributed by atoms with E-state index in [0.717, 1.165) is 5.75 Å². The van der Waals surface area contributed by atoms with Crippen LogP contribution in [0.15, 0.2) is 0 Å². The summed E-state index contributed by atoms with van der Waals surface area (Å²) in [5.74, 6) is 0.944. The lowest BCUT2D eigenvalue weighted by molar-refractivity contribution is 1.54. The molecule has 0 saturated heterocycles. The van der Waals surface area contributed by atoms with Crippen LogP contribution in [0.1, 0.15) is 6.92 Å². The van der Waals surface area contributed by atoms with Crippen LogP contribution in [0.25, 0.3) is 0 Å². The zero-order valence-corrected chi connectivity index (χ0v) is 7.05. The van der Waals surface area contributed by atoms with Gasteiger partial charge in [0.15, 0.2) is 0 Å². The Balaban J connectivity index is 0.